The van der Waals surface area contributed by atoms with Crippen LogP contribution in [0, 0.1) is 0 Å². The number of hydrogen-bond donors (Lipinski definition) is 1. The van der Waals surface area contributed by atoms with Gasteiger partial charge in [-0.15, -0.1) is 12.4 Å². The Kier molecular flexibility index (Phi) is 5.79. The van der Waals surface area contributed by atoms with Gasteiger partial charge in [-0.2, -0.15) is 0 Å². The van der Waals surface area contributed by atoms with Gasteiger partial charge >= 0.3 is 0 Å². The van der Waals surface area contributed by atoms with Gasteiger partial charge in [0.15, 0.2) is 5.78 Å². The van der Waals surface area contributed by atoms with Gasteiger partial charge in [0.1, 0.15) is 18.1 Å². The van der Waals surface area contributed by atoms with E-state index in [9.17, 15) is 14.7 Å². The monoisotopic (exact) mass is 389 g/mol. The number of nitrogens with zero attached hydrogens (tertiary/aromatic N) is 1. The third-order valence-electron chi connectivity index (χ3n) is 4.78. The number of ether oxygens (including phenoxy) is 2. The highest BCUT2D eigenvalue weighted by Gasteiger charge is 2.34. The lowest BCUT2D eigenvalue weighted by Gasteiger charge is -2.27. The number of carbonyl (C=O) groups is 2. The lowest BCUT2D eigenvalue weighted by Crippen LogP contribution is -2.38. The summed E-state index contributed by atoms with van der Waals surface area (Å²) in [5.41, 5.74) is 0.827. The first-order valence-corrected chi connectivity index (χ1v) is 8.64. The van der Waals surface area contributed by atoms with Crippen molar-refractivity contribution in [3.8, 4) is 11.5 Å². The number of fused-ring (bicyclic) bond motifs is 2. The van der Waals surface area contributed by atoms with E-state index in [1.807, 2.05) is 0 Å². The molecule has 0 radical (unpaired) electrons. The lowest BCUT2D eigenvalue weighted by atomic mass is 9.83. The predicted octanol–water partition coefficient (Wildman–Crippen LogP) is 2.30. The molecule has 142 valence electrons. The number of aromatic hydroxyl groups is 1. The van der Waals surface area contributed by atoms with Crippen LogP contribution in [0.15, 0.2) is 36.4 Å². The standard InChI is InChI=1S/C20H19NO5.ClH/c22-15-5-1-3-13-17(15)20(24)18-14(19(13)23)4-2-6-16(18)26-12-9-21-7-10-25-11-8-21;/h1-6,22H,7-12H2;1H. The fourth-order valence-corrected chi connectivity index (χ4v) is 3.42. The second-order valence-electron chi connectivity index (χ2n) is 6.34. The van der Waals surface area contributed by atoms with E-state index in [1.54, 1.807) is 30.3 Å². The zero-order chi connectivity index (χ0) is 18.1. The summed E-state index contributed by atoms with van der Waals surface area (Å²) in [7, 11) is 0. The van der Waals surface area contributed by atoms with E-state index >= 15 is 0 Å². The van der Waals surface area contributed by atoms with E-state index in [2.05, 4.69) is 4.90 Å². The first-order chi connectivity index (χ1) is 12.7. The van der Waals surface area contributed by atoms with Crippen LogP contribution in [0.4, 0.5) is 0 Å². The normalized spacial score (nSPS) is 16.3. The van der Waals surface area contributed by atoms with Crippen LogP contribution in [0.3, 0.4) is 0 Å². The molecule has 4 rings (SSSR count). The van der Waals surface area contributed by atoms with Crippen LogP contribution in [0.5, 0.6) is 11.5 Å². The molecule has 0 bridgehead atoms. The van der Waals surface area contributed by atoms with E-state index in [1.165, 1.54) is 6.07 Å². The number of carbonyl (C=O) groups excluding carboxylic acids is 2. The number of hydrogen-bond acceptors (Lipinski definition) is 6. The minimum Gasteiger partial charge on any atom is -0.507 e. The number of ketones is 2. The largest absolute Gasteiger partial charge is 0.507 e. The van der Waals surface area contributed by atoms with Gasteiger partial charge in [-0.3, -0.25) is 14.5 Å². The molecule has 1 aliphatic carbocycles. The molecule has 2 aromatic rings. The van der Waals surface area contributed by atoms with Crippen LogP contribution in [0.2, 0.25) is 0 Å². The van der Waals surface area contributed by atoms with Crippen molar-refractivity contribution >= 4 is 24.0 Å². The van der Waals surface area contributed by atoms with Crippen molar-refractivity contribution in [1.29, 1.82) is 0 Å². The van der Waals surface area contributed by atoms with E-state index in [0.29, 0.717) is 31.1 Å². The Labute approximate surface area is 163 Å². The lowest BCUT2D eigenvalue weighted by molar-refractivity contribution is 0.0322. The number of benzene rings is 2. The van der Waals surface area contributed by atoms with Gasteiger partial charge in [0.05, 0.1) is 24.3 Å². The van der Waals surface area contributed by atoms with Crippen molar-refractivity contribution in [1.82, 2.24) is 4.90 Å². The van der Waals surface area contributed by atoms with Gasteiger partial charge in [0, 0.05) is 30.8 Å². The highest BCUT2D eigenvalue weighted by Crippen LogP contribution is 2.36. The zero-order valence-electron chi connectivity index (χ0n) is 14.6. The second kappa shape index (κ2) is 8.08. The Morgan fingerprint density at radius 2 is 1.63 bits per heavy atom. The van der Waals surface area contributed by atoms with Crippen LogP contribution >= 0.6 is 12.4 Å². The molecule has 1 saturated heterocycles. The summed E-state index contributed by atoms with van der Waals surface area (Å²) in [6.07, 6.45) is 0. The Morgan fingerprint density at radius 3 is 2.37 bits per heavy atom. The Balaban J connectivity index is 0.00000210. The van der Waals surface area contributed by atoms with E-state index in [4.69, 9.17) is 9.47 Å². The van der Waals surface area contributed by atoms with E-state index in [-0.39, 0.29) is 46.4 Å². The number of halogens is 1. The number of morpholine rings is 1. The molecule has 6 nitrogen and oxygen atoms in total. The maximum Gasteiger partial charge on any atom is 0.201 e. The third-order valence-corrected chi connectivity index (χ3v) is 4.78. The molecule has 7 heteroatoms. The Bertz CT molecular complexity index is 877. The van der Waals surface area contributed by atoms with Gasteiger partial charge in [0.2, 0.25) is 5.78 Å². The minimum absolute atomic E-state index is 0. The van der Waals surface area contributed by atoms with Crippen LogP contribution in [-0.2, 0) is 4.74 Å². The summed E-state index contributed by atoms with van der Waals surface area (Å²) in [5.74, 6) is -0.462. The second-order valence-corrected chi connectivity index (χ2v) is 6.34. The SMILES string of the molecule is Cl.O=C1c2cccc(O)c2C(=O)c2c(OCCN3CCOCC3)cccc21. The molecular weight excluding hydrogens is 370 g/mol. The van der Waals surface area contributed by atoms with Gasteiger partial charge in [-0.05, 0) is 12.1 Å². The van der Waals surface area contributed by atoms with E-state index < -0.39 is 0 Å². The molecule has 0 saturated carbocycles. The molecule has 2 aromatic carbocycles. The van der Waals surface area contributed by atoms with Gasteiger partial charge in [0.25, 0.3) is 0 Å². The third kappa shape index (κ3) is 3.56. The maximum atomic E-state index is 12.9. The van der Waals surface area contributed by atoms with Crippen molar-refractivity contribution < 1.29 is 24.2 Å². The first kappa shape index (κ1) is 19.4. The first-order valence-electron chi connectivity index (χ1n) is 8.64. The molecular formula is C20H20ClNO5. The molecule has 1 N–H and O–H groups in total. The van der Waals surface area contributed by atoms with Crippen LogP contribution in [0.1, 0.15) is 31.8 Å². The fraction of sp³-hybridized carbons (Fsp3) is 0.300. The summed E-state index contributed by atoms with van der Waals surface area (Å²) in [4.78, 5) is 27.9. The topological polar surface area (TPSA) is 76.1 Å². The highest BCUT2D eigenvalue weighted by molar-refractivity contribution is 6.30. The van der Waals surface area contributed by atoms with Crippen molar-refractivity contribution in [2.75, 3.05) is 39.5 Å². The van der Waals surface area contributed by atoms with Gasteiger partial charge in [-0.25, -0.2) is 0 Å². The summed E-state index contributed by atoms with van der Waals surface area (Å²) in [6.45, 7) is 4.26. The number of phenols is 1. The Hall–Kier alpha value is -2.41. The average Bonchev–Trinajstić information content (AvgIpc) is 2.66. The zero-order valence-corrected chi connectivity index (χ0v) is 15.5. The summed E-state index contributed by atoms with van der Waals surface area (Å²) in [6, 6.07) is 9.56. The van der Waals surface area contributed by atoms with Crippen molar-refractivity contribution in [2.24, 2.45) is 0 Å². The Morgan fingerprint density at radius 1 is 0.963 bits per heavy atom. The number of phenolic OH excluding ortho intramolecular Hbond substituents is 1. The smallest absolute Gasteiger partial charge is 0.201 e. The summed E-state index contributed by atoms with van der Waals surface area (Å²) >= 11 is 0. The van der Waals surface area contributed by atoms with Crippen LogP contribution in [-0.4, -0.2) is 61.0 Å². The predicted molar refractivity (Wildman–Crippen MR) is 101 cm³/mol. The highest BCUT2D eigenvalue weighted by atomic mass is 35.5. The molecule has 27 heavy (non-hydrogen) atoms. The van der Waals surface area contributed by atoms with Crippen molar-refractivity contribution in [3.05, 3.63) is 58.7 Å². The molecule has 1 heterocycles. The molecule has 2 aliphatic rings. The summed E-state index contributed by atoms with van der Waals surface area (Å²) in [5, 5.41) is 10.1. The molecule has 0 aromatic heterocycles. The maximum absolute atomic E-state index is 12.9. The van der Waals surface area contributed by atoms with Crippen molar-refractivity contribution in [3.63, 3.8) is 0 Å². The van der Waals surface area contributed by atoms with Crippen LogP contribution in [0.25, 0.3) is 0 Å². The molecule has 1 fully saturated rings. The molecule has 0 atom stereocenters. The van der Waals surface area contributed by atoms with E-state index in [0.717, 1.165) is 19.6 Å². The molecule has 1 aliphatic heterocycles. The van der Waals surface area contributed by atoms with Crippen molar-refractivity contribution in [2.45, 2.75) is 0 Å². The molecule has 0 unspecified atom stereocenters. The fourth-order valence-electron chi connectivity index (χ4n) is 3.42. The molecule has 0 amide bonds. The summed E-state index contributed by atoms with van der Waals surface area (Å²) < 4.78 is 11.2. The van der Waals surface area contributed by atoms with Gasteiger partial charge in [-0.1, -0.05) is 24.3 Å². The quantitative estimate of drug-likeness (QED) is 0.738. The van der Waals surface area contributed by atoms with Gasteiger partial charge < -0.3 is 14.6 Å². The molecule has 0 spiro atoms. The average molecular weight is 390 g/mol. The van der Waals surface area contributed by atoms with Crippen LogP contribution < -0.4 is 4.74 Å². The number of rotatable bonds is 4. The minimum atomic E-state index is -0.380.